The summed E-state index contributed by atoms with van der Waals surface area (Å²) in [7, 11) is -2.07. The van der Waals surface area contributed by atoms with Gasteiger partial charge in [-0.1, -0.05) is 6.07 Å². The van der Waals surface area contributed by atoms with Gasteiger partial charge in [0.15, 0.2) is 5.82 Å². The summed E-state index contributed by atoms with van der Waals surface area (Å²) >= 11 is 1.43. The van der Waals surface area contributed by atoms with Crippen LogP contribution in [0, 0.1) is 0 Å². The number of hydrogen-bond acceptors (Lipinski definition) is 5. The van der Waals surface area contributed by atoms with Crippen LogP contribution in [0.2, 0.25) is 0 Å². The number of anilines is 2. The van der Waals surface area contributed by atoms with Crippen molar-refractivity contribution in [2.45, 2.75) is 5.03 Å². The zero-order valence-corrected chi connectivity index (χ0v) is 12.2. The van der Waals surface area contributed by atoms with Gasteiger partial charge in [-0.2, -0.15) is 19.8 Å². The number of aromatic nitrogens is 2. The van der Waals surface area contributed by atoms with Gasteiger partial charge in [0.2, 0.25) is 5.03 Å². The molecule has 8 heteroatoms. The van der Waals surface area contributed by atoms with E-state index in [0.717, 1.165) is 0 Å². The van der Waals surface area contributed by atoms with Crippen LogP contribution in [-0.4, -0.2) is 24.9 Å². The number of sulfonamides is 1. The van der Waals surface area contributed by atoms with Gasteiger partial charge >= 0.3 is 0 Å². The number of thiophene rings is 1. The molecule has 0 aliphatic carbocycles. The Morgan fingerprint density at radius 1 is 1.30 bits per heavy atom. The monoisotopic (exact) mass is 308 g/mol. The summed E-state index contributed by atoms with van der Waals surface area (Å²) in [6.45, 7) is 0. The Kier molecular flexibility index (Phi) is 3.11. The molecule has 3 rings (SSSR count). The lowest BCUT2D eigenvalue weighted by Gasteiger charge is -2.07. The van der Waals surface area contributed by atoms with E-state index in [-0.39, 0.29) is 5.03 Å². The van der Waals surface area contributed by atoms with Crippen molar-refractivity contribution in [2.24, 2.45) is 0 Å². The van der Waals surface area contributed by atoms with E-state index in [1.165, 1.54) is 11.3 Å². The van der Waals surface area contributed by atoms with Gasteiger partial charge in [-0.3, -0.25) is 9.12 Å². The van der Waals surface area contributed by atoms with E-state index in [0.29, 0.717) is 17.2 Å². The van der Waals surface area contributed by atoms with Crippen LogP contribution in [0.25, 0.3) is 5.65 Å². The lowest BCUT2D eigenvalue weighted by molar-refractivity contribution is 0.597. The van der Waals surface area contributed by atoms with Gasteiger partial charge in [-0.05, 0) is 23.6 Å². The second-order valence-electron chi connectivity index (χ2n) is 4.06. The van der Waals surface area contributed by atoms with E-state index in [4.69, 9.17) is 0 Å². The standard InChI is InChI=1S/C12H12N4O2S2/c1-13-11-12(16-6-3-2-4-10(16)14-11)20(17,18)15-9-5-7-19-8-9/h2-8,13,15H,1H3. The molecule has 3 aromatic heterocycles. The highest BCUT2D eigenvalue weighted by atomic mass is 32.2. The molecule has 0 aromatic carbocycles. The van der Waals surface area contributed by atoms with Crippen molar-refractivity contribution in [3.63, 3.8) is 0 Å². The minimum atomic E-state index is -3.71. The van der Waals surface area contributed by atoms with E-state index in [1.54, 1.807) is 41.2 Å². The normalized spacial score (nSPS) is 11.7. The summed E-state index contributed by atoms with van der Waals surface area (Å²) in [6, 6.07) is 7.04. The lowest BCUT2D eigenvalue weighted by atomic mass is 10.5. The van der Waals surface area contributed by atoms with Gasteiger partial charge in [-0.15, -0.1) is 0 Å². The van der Waals surface area contributed by atoms with Gasteiger partial charge in [0, 0.05) is 18.6 Å². The third-order valence-corrected chi connectivity index (χ3v) is 4.84. The smallest absolute Gasteiger partial charge is 0.281 e. The molecule has 0 unspecified atom stereocenters. The van der Waals surface area contributed by atoms with Crippen LogP contribution in [0.15, 0.2) is 46.2 Å². The average Bonchev–Trinajstić information content (AvgIpc) is 3.04. The Labute approximate surface area is 120 Å². The van der Waals surface area contributed by atoms with Crippen molar-refractivity contribution < 1.29 is 8.42 Å². The van der Waals surface area contributed by atoms with Crippen molar-refractivity contribution in [1.29, 1.82) is 0 Å². The molecule has 0 atom stereocenters. The molecule has 0 amide bonds. The number of nitrogens with one attached hydrogen (secondary N) is 2. The molecule has 0 saturated heterocycles. The van der Waals surface area contributed by atoms with Crippen LogP contribution in [0.4, 0.5) is 11.5 Å². The second-order valence-corrected chi connectivity index (χ2v) is 6.44. The molecule has 0 bridgehead atoms. The number of hydrogen-bond donors (Lipinski definition) is 2. The van der Waals surface area contributed by atoms with Gasteiger partial charge in [0.05, 0.1) is 5.69 Å². The number of rotatable bonds is 4. The molecule has 0 fully saturated rings. The molecule has 0 spiro atoms. The first-order chi connectivity index (χ1) is 9.62. The summed E-state index contributed by atoms with van der Waals surface area (Å²) in [6.07, 6.45) is 1.67. The summed E-state index contributed by atoms with van der Waals surface area (Å²) in [5, 5.41) is 6.47. The molecule has 6 nitrogen and oxygen atoms in total. The van der Waals surface area contributed by atoms with Crippen LogP contribution in [-0.2, 0) is 10.0 Å². The molecule has 3 heterocycles. The van der Waals surface area contributed by atoms with Crippen molar-refractivity contribution in [2.75, 3.05) is 17.1 Å². The van der Waals surface area contributed by atoms with Gasteiger partial charge in [-0.25, -0.2) is 4.98 Å². The van der Waals surface area contributed by atoms with Crippen molar-refractivity contribution in [3.8, 4) is 0 Å². The Morgan fingerprint density at radius 2 is 2.15 bits per heavy atom. The summed E-state index contributed by atoms with van der Waals surface area (Å²) in [4.78, 5) is 4.26. The molecular weight excluding hydrogens is 296 g/mol. The largest absolute Gasteiger partial charge is 0.371 e. The number of nitrogens with zero attached hydrogens (tertiary/aromatic N) is 2. The fourth-order valence-electron chi connectivity index (χ4n) is 1.92. The third-order valence-electron chi connectivity index (χ3n) is 2.75. The Balaban J connectivity index is 2.17. The van der Waals surface area contributed by atoms with Crippen LogP contribution < -0.4 is 10.0 Å². The first-order valence-corrected chi connectivity index (χ1v) is 8.24. The van der Waals surface area contributed by atoms with E-state index < -0.39 is 10.0 Å². The quantitative estimate of drug-likeness (QED) is 0.775. The molecule has 0 saturated carbocycles. The lowest BCUT2D eigenvalue weighted by Crippen LogP contribution is -2.16. The summed E-state index contributed by atoms with van der Waals surface area (Å²) < 4.78 is 29.2. The molecule has 0 aliphatic rings. The third kappa shape index (κ3) is 2.12. The fourth-order valence-corrected chi connectivity index (χ4v) is 3.93. The number of imidazole rings is 1. The van der Waals surface area contributed by atoms with Crippen LogP contribution in [0.5, 0.6) is 0 Å². The average molecular weight is 308 g/mol. The SMILES string of the molecule is CNc1nc2ccccn2c1S(=O)(=O)Nc1ccsc1. The number of fused-ring (bicyclic) bond motifs is 1. The maximum atomic E-state index is 12.5. The molecule has 3 aromatic rings. The molecule has 104 valence electrons. The molecule has 20 heavy (non-hydrogen) atoms. The van der Waals surface area contributed by atoms with E-state index >= 15 is 0 Å². The Bertz CT molecular complexity index is 838. The highest BCUT2D eigenvalue weighted by Gasteiger charge is 2.24. The zero-order chi connectivity index (χ0) is 14.2. The van der Waals surface area contributed by atoms with Crippen molar-refractivity contribution in [3.05, 3.63) is 41.2 Å². The topological polar surface area (TPSA) is 75.5 Å². The van der Waals surface area contributed by atoms with Crippen LogP contribution in [0.1, 0.15) is 0 Å². The van der Waals surface area contributed by atoms with Crippen molar-refractivity contribution >= 4 is 38.5 Å². The van der Waals surface area contributed by atoms with Crippen molar-refractivity contribution in [1.82, 2.24) is 9.38 Å². The first-order valence-electron chi connectivity index (χ1n) is 5.81. The minimum Gasteiger partial charge on any atom is -0.371 e. The zero-order valence-electron chi connectivity index (χ0n) is 10.6. The minimum absolute atomic E-state index is 0.0989. The van der Waals surface area contributed by atoms with Gasteiger partial charge in [0.25, 0.3) is 10.0 Å². The van der Waals surface area contributed by atoms with E-state index in [2.05, 4.69) is 15.0 Å². The van der Waals surface area contributed by atoms with E-state index in [9.17, 15) is 8.42 Å². The second kappa shape index (κ2) is 4.80. The van der Waals surface area contributed by atoms with Crippen LogP contribution in [0.3, 0.4) is 0 Å². The van der Waals surface area contributed by atoms with E-state index in [1.807, 2.05) is 11.4 Å². The van der Waals surface area contributed by atoms with Gasteiger partial charge in [0.1, 0.15) is 5.65 Å². The Hall–Kier alpha value is -2.06. The fraction of sp³-hybridized carbons (Fsp3) is 0.0833. The highest BCUT2D eigenvalue weighted by molar-refractivity contribution is 7.92. The Morgan fingerprint density at radius 3 is 2.85 bits per heavy atom. The molecule has 2 N–H and O–H groups in total. The maximum Gasteiger partial charge on any atom is 0.281 e. The first kappa shape index (κ1) is 12.9. The highest BCUT2D eigenvalue weighted by Crippen LogP contribution is 2.25. The van der Waals surface area contributed by atoms with Gasteiger partial charge < -0.3 is 5.32 Å². The molecular formula is C12H12N4O2S2. The summed E-state index contributed by atoms with van der Waals surface area (Å²) in [5.74, 6) is 0.318. The maximum absolute atomic E-state index is 12.5. The van der Waals surface area contributed by atoms with Crippen LogP contribution >= 0.6 is 11.3 Å². The summed E-state index contributed by atoms with van der Waals surface area (Å²) in [5.41, 5.74) is 1.12. The molecule has 0 radical (unpaired) electrons. The predicted molar refractivity (Wildman–Crippen MR) is 79.9 cm³/mol. The predicted octanol–water partition coefficient (Wildman–Crippen LogP) is 2.24. The molecule has 0 aliphatic heterocycles. The number of pyridine rings is 1.